The van der Waals surface area contributed by atoms with Gasteiger partial charge in [0.25, 0.3) is 0 Å². The molecule has 1 aromatic carbocycles. The highest BCUT2D eigenvalue weighted by molar-refractivity contribution is 5.78. The lowest BCUT2D eigenvalue weighted by Crippen LogP contribution is -2.52. The van der Waals surface area contributed by atoms with Gasteiger partial charge in [0.2, 0.25) is 5.91 Å². The molecule has 0 unspecified atom stereocenters. The van der Waals surface area contributed by atoms with Crippen molar-refractivity contribution < 1.29 is 14.3 Å². The number of rotatable bonds is 5. The van der Waals surface area contributed by atoms with Crippen molar-refractivity contribution in [3.63, 3.8) is 0 Å². The van der Waals surface area contributed by atoms with E-state index in [1.165, 1.54) is 0 Å². The minimum atomic E-state index is 0.0643. The average molecular weight is 346 g/mol. The Bertz CT molecular complexity index is 551. The highest BCUT2D eigenvalue weighted by atomic mass is 16.5. The zero-order valence-corrected chi connectivity index (χ0v) is 15.3. The largest absolute Gasteiger partial charge is 0.383 e. The van der Waals surface area contributed by atoms with Gasteiger partial charge in [-0.25, -0.2) is 0 Å². The summed E-state index contributed by atoms with van der Waals surface area (Å²) in [5.74, 6) is 0.234. The zero-order chi connectivity index (χ0) is 17.5. The minimum Gasteiger partial charge on any atom is -0.383 e. The molecule has 0 N–H and O–H groups in total. The zero-order valence-electron chi connectivity index (χ0n) is 15.3. The first kappa shape index (κ1) is 18.4. The Hall–Kier alpha value is -1.43. The van der Waals surface area contributed by atoms with Crippen LogP contribution in [0.1, 0.15) is 18.4 Å². The molecule has 0 radical (unpaired) electrons. The summed E-state index contributed by atoms with van der Waals surface area (Å²) in [6.45, 7) is 6.81. The summed E-state index contributed by atoms with van der Waals surface area (Å²) in [7, 11) is 1.74. The van der Waals surface area contributed by atoms with Gasteiger partial charge in [0.1, 0.15) is 0 Å². The van der Waals surface area contributed by atoms with E-state index in [0.29, 0.717) is 6.42 Å². The van der Waals surface area contributed by atoms with Crippen LogP contribution in [0.15, 0.2) is 30.3 Å². The van der Waals surface area contributed by atoms with Crippen LogP contribution in [0.3, 0.4) is 0 Å². The van der Waals surface area contributed by atoms with Crippen molar-refractivity contribution in [3.8, 4) is 0 Å². The molecule has 3 rings (SSSR count). The van der Waals surface area contributed by atoms with Gasteiger partial charge in [0.05, 0.1) is 26.2 Å². The molecule has 0 saturated carbocycles. The molecule has 2 saturated heterocycles. The van der Waals surface area contributed by atoms with Crippen LogP contribution in [0, 0.1) is 5.41 Å². The second kappa shape index (κ2) is 8.79. The van der Waals surface area contributed by atoms with Crippen molar-refractivity contribution >= 4 is 5.91 Å². The Balaban J connectivity index is 1.63. The molecule has 5 heteroatoms. The Morgan fingerprint density at radius 3 is 2.88 bits per heavy atom. The molecule has 2 aliphatic heterocycles. The number of carbonyl (C=O) groups excluding carboxylic acids is 1. The SMILES string of the molecule is COCCN1CCOC[C@]2(CCCN(C(=O)Cc3ccccc3)C2)C1. The molecule has 1 atom stereocenters. The fourth-order valence-electron chi connectivity index (χ4n) is 4.04. The molecule has 5 nitrogen and oxygen atoms in total. The van der Waals surface area contributed by atoms with Gasteiger partial charge in [-0.2, -0.15) is 0 Å². The Labute approximate surface area is 150 Å². The van der Waals surface area contributed by atoms with Crippen LogP contribution in [0.4, 0.5) is 0 Å². The van der Waals surface area contributed by atoms with Gasteiger partial charge < -0.3 is 14.4 Å². The molecular weight excluding hydrogens is 316 g/mol. The fourth-order valence-corrected chi connectivity index (χ4v) is 4.04. The van der Waals surface area contributed by atoms with E-state index in [2.05, 4.69) is 9.80 Å². The highest BCUT2D eigenvalue weighted by Crippen LogP contribution is 2.33. The first-order chi connectivity index (χ1) is 12.2. The minimum absolute atomic E-state index is 0.0643. The molecule has 0 bridgehead atoms. The topological polar surface area (TPSA) is 42.0 Å². The van der Waals surface area contributed by atoms with Gasteiger partial charge in [-0.3, -0.25) is 9.69 Å². The second-order valence-electron chi connectivity index (χ2n) is 7.40. The molecule has 0 aliphatic carbocycles. The van der Waals surface area contributed by atoms with Crippen LogP contribution in [-0.2, 0) is 20.7 Å². The lowest BCUT2D eigenvalue weighted by atomic mass is 9.80. The quantitative estimate of drug-likeness (QED) is 0.816. The second-order valence-corrected chi connectivity index (χ2v) is 7.40. The van der Waals surface area contributed by atoms with Crippen molar-refractivity contribution in [1.29, 1.82) is 0 Å². The van der Waals surface area contributed by atoms with Crippen LogP contribution in [0.2, 0.25) is 0 Å². The number of hydrogen-bond acceptors (Lipinski definition) is 4. The number of carbonyl (C=O) groups is 1. The van der Waals surface area contributed by atoms with Crippen molar-refractivity contribution in [3.05, 3.63) is 35.9 Å². The van der Waals surface area contributed by atoms with Crippen molar-refractivity contribution in [2.24, 2.45) is 5.41 Å². The average Bonchev–Trinajstić information content (AvgIpc) is 2.83. The van der Waals surface area contributed by atoms with Gasteiger partial charge in [0, 0.05) is 45.2 Å². The molecule has 25 heavy (non-hydrogen) atoms. The maximum absolute atomic E-state index is 12.8. The Kier molecular flexibility index (Phi) is 6.45. The standard InChI is InChI=1S/C20H30N2O3/c1-24-12-10-21-11-13-25-17-20(15-21)8-5-9-22(16-20)19(23)14-18-6-3-2-4-7-18/h2-4,6-7H,5,8-17H2,1H3/t20-/m1/s1. The number of amides is 1. The van der Waals surface area contributed by atoms with E-state index in [1.54, 1.807) is 7.11 Å². The van der Waals surface area contributed by atoms with Gasteiger partial charge in [-0.15, -0.1) is 0 Å². The number of likely N-dealkylation sites (tertiary alicyclic amines) is 1. The van der Waals surface area contributed by atoms with E-state index in [1.807, 2.05) is 30.3 Å². The molecule has 1 amide bonds. The number of hydrogen-bond donors (Lipinski definition) is 0. The summed E-state index contributed by atoms with van der Waals surface area (Å²) in [5, 5.41) is 0. The number of nitrogens with zero attached hydrogens (tertiary/aromatic N) is 2. The van der Waals surface area contributed by atoms with Crippen molar-refractivity contribution in [1.82, 2.24) is 9.80 Å². The third-order valence-electron chi connectivity index (χ3n) is 5.34. The van der Waals surface area contributed by atoms with E-state index in [0.717, 1.165) is 70.9 Å². The number of methoxy groups -OCH3 is 1. The molecule has 0 aromatic heterocycles. The van der Waals surface area contributed by atoms with Crippen LogP contribution >= 0.6 is 0 Å². The summed E-state index contributed by atoms with van der Waals surface area (Å²) in [6.07, 6.45) is 2.68. The number of ether oxygens (including phenoxy) is 2. The molecule has 2 heterocycles. The maximum atomic E-state index is 12.8. The molecule has 2 fully saturated rings. The van der Waals surface area contributed by atoms with E-state index in [-0.39, 0.29) is 11.3 Å². The summed E-state index contributed by atoms with van der Waals surface area (Å²) < 4.78 is 11.2. The summed E-state index contributed by atoms with van der Waals surface area (Å²) >= 11 is 0. The lowest BCUT2D eigenvalue weighted by molar-refractivity contribution is -0.135. The number of piperidine rings is 1. The number of benzene rings is 1. The Morgan fingerprint density at radius 2 is 2.08 bits per heavy atom. The predicted octanol–water partition coefficient (Wildman–Crippen LogP) is 1.82. The predicted molar refractivity (Wildman–Crippen MR) is 97.5 cm³/mol. The van der Waals surface area contributed by atoms with Crippen LogP contribution < -0.4 is 0 Å². The molecular formula is C20H30N2O3. The molecule has 1 aromatic rings. The molecule has 1 spiro atoms. The summed E-state index contributed by atoms with van der Waals surface area (Å²) in [5.41, 5.74) is 1.15. The van der Waals surface area contributed by atoms with Crippen molar-refractivity contribution in [2.75, 3.05) is 59.7 Å². The molecule has 138 valence electrons. The van der Waals surface area contributed by atoms with Gasteiger partial charge in [-0.1, -0.05) is 30.3 Å². The van der Waals surface area contributed by atoms with Crippen LogP contribution in [0.5, 0.6) is 0 Å². The first-order valence-corrected chi connectivity index (χ1v) is 9.32. The third-order valence-corrected chi connectivity index (χ3v) is 5.34. The third kappa shape index (κ3) is 5.03. The van der Waals surface area contributed by atoms with E-state index in [9.17, 15) is 4.79 Å². The van der Waals surface area contributed by atoms with E-state index in [4.69, 9.17) is 9.47 Å². The van der Waals surface area contributed by atoms with E-state index < -0.39 is 0 Å². The Morgan fingerprint density at radius 1 is 1.24 bits per heavy atom. The van der Waals surface area contributed by atoms with E-state index >= 15 is 0 Å². The lowest BCUT2D eigenvalue weighted by Gasteiger charge is -2.43. The smallest absolute Gasteiger partial charge is 0.227 e. The van der Waals surface area contributed by atoms with Gasteiger partial charge in [-0.05, 0) is 18.4 Å². The van der Waals surface area contributed by atoms with Crippen molar-refractivity contribution in [2.45, 2.75) is 19.3 Å². The first-order valence-electron chi connectivity index (χ1n) is 9.32. The summed E-state index contributed by atoms with van der Waals surface area (Å²) in [4.78, 5) is 17.3. The van der Waals surface area contributed by atoms with Gasteiger partial charge in [0.15, 0.2) is 0 Å². The van der Waals surface area contributed by atoms with Gasteiger partial charge >= 0.3 is 0 Å². The van der Waals surface area contributed by atoms with Crippen LogP contribution in [-0.4, -0.2) is 75.4 Å². The monoisotopic (exact) mass is 346 g/mol. The normalized spacial score (nSPS) is 25.1. The molecule has 2 aliphatic rings. The van der Waals surface area contributed by atoms with Crippen LogP contribution in [0.25, 0.3) is 0 Å². The highest BCUT2D eigenvalue weighted by Gasteiger charge is 2.40. The summed E-state index contributed by atoms with van der Waals surface area (Å²) in [6, 6.07) is 10.0. The fraction of sp³-hybridized carbons (Fsp3) is 0.650. The maximum Gasteiger partial charge on any atom is 0.227 e.